The molecule has 3 aromatic heterocycles. The number of rotatable bonds is 4. The second kappa shape index (κ2) is 5.21. The Bertz CT molecular complexity index is 709. The minimum atomic E-state index is -0.169. The molecule has 0 saturated carbocycles. The molecule has 1 N–H and O–H groups in total. The van der Waals surface area contributed by atoms with E-state index in [1.54, 1.807) is 10.6 Å². The van der Waals surface area contributed by atoms with Gasteiger partial charge in [0, 0.05) is 19.2 Å². The summed E-state index contributed by atoms with van der Waals surface area (Å²) in [5.41, 5.74) is 1.33. The number of furan rings is 1. The Morgan fingerprint density at radius 2 is 2.25 bits per heavy atom. The van der Waals surface area contributed by atoms with E-state index in [-0.39, 0.29) is 5.91 Å². The molecule has 0 aliphatic rings. The van der Waals surface area contributed by atoms with Gasteiger partial charge in [-0.15, -0.1) is 0 Å². The van der Waals surface area contributed by atoms with E-state index in [2.05, 4.69) is 10.4 Å². The fourth-order valence-electron chi connectivity index (χ4n) is 2.06. The fourth-order valence-corrected chi connectivity index (χ4v) is 2.06. The highest BCUT2D eigenvalue weighted by atomic mass is 16.3. The van der Waals surface area contributed by atoms with Crippen molar-refractivity contribution in [3.63, 3.8) is 0 Å². The van der Waals surface area contributed by atoms with E-state index in [9.17, 15) is 4.79 Å². The first-order chi connectivity index (χ1) is 9.72. The van der Waals surface area contributed by atoms with E-state index in [1.165, 1.54) is 0 Å². The second-order valence-electron chi connectivity index (χ2n) is 4.62. The molecule has 102 valence electrons. The summed E-state index contributed by atoms with van der Waals surface area (Å²) in [4.78, 5) is 12.0. The maximum atomic E-state index is 12.0. The average molecular weight is 269 g/mol. The van der Waals surface area contributed by atoms with E-state index in [0.717, 1.165) is 17.0 Å². The zero-order valence-corrected chi connectivity index (χ0v) is 11.2. The summed E-state index contributed by atoms with van der Waals surface area (Å²) >= 11 is 0. The van der Waals surface area contributed by atoms with Gasteiger partial charge in [0.15, 0.2) is 5.69 Å². The summed E-state index contributed by atoms with van der Waals surface area (Å²) in [6, 6.07) is 11.3. The molecule has 0 fully saturated rings. The summed E-state index contributed by atoms with van der Waals surface area (Å²) in [5, 5.41) is 7.07. The quantitative estimate of drug-likeness (QED) is 0.790. The lowest BCUT2D eigenvalue weighted by Crippen LogP contribution is -2.26. The first-order valence-electron chi connectivity index (χ1n) is 6.50. The van der Waals surface area contributed by atoms with Gasteiger partial charge in [0.2, 0.25) is 0 Å². The van der Waals surface area contributed by atoms with Crippen molar-refractivity contribution in [3.8, 4) is 0 Å². The number of fused-ring (bicyclic) bond motifs is 1. The van der Waals surface area contributed by atoms with Crippen LogP contribution in [0.5, 0.6) is 0 Å². The SMILES string of the molecule is Cc1ccc(CCNC(=O)c2cc3ccccn3n2)o1. The van der Waals surface area contributed by atoms with E-state index in [0.29, 0.717) is 18.7 Å². The Balaban J connectivity index is 1.61. The number of pyridine rings is 1. The van der Waals surface area contributed by atoms with Crippen LogP contribution in [-0.4, -0.2) is 22.1 Å². The zero-order valence-electron chi connectivity index (χ0n) is 11.2. The van der Waals surface area contributed by atoms with Crippen molar-refractivity contribution in [2.75, 3.05) is 6.54 Å². The highest BCUT2D eigenvalue weighted by Gasteiger charge is 2.10. The molecule has 5 nitrogen and oxygen atoms in total. The molecule has 0 aliphatic heterocycles. The summed E-state index contributed by atoms with van der Waals surface area (Å²) in [6.45, 7) is 2.43. The first-order valence-corrected chi connectivity index (χ1v) is 6.50. The molecule has 1 amide bonds. The van der Waals surface area contributed by atoms with E-state index >= 15 is 0 Å². The number of carbonyl (C=O) groups excluding carboxylic acids is 1. The van der Waals surface area contributed by atoms with Gasteiger partial charge in [0.25, 0.3) is 5.91 Å². The zero-order chi connectivity index (χ0) is 13.9. The van der Waals surface area contributed by atoms with E-state index in [1.807, 2.05) is 43.5 Å². The average Bonchev–Trinajstić information content (AvgIpc) is 3.04. The molecular weight excluding hydrogens is 254 g/mol. The number of carbonyl (C=O) groups is 1. The molecule has 3 rings (SSSR count). The molecule has 0 unspecified atom stereocenters. The third-order valence-electron chi connectivity index (χ3n) is 3.06. The lowest BCUT2D eigenvalue weighted by molar-refractivity contribution is 0.0948. The van der Waals surface area contributed by atoms with Crippen molar-refractivity contribution in [2.24, 2.45) is 0 Å². The monoisotopic (exact) mass is 269 g/mol. The number of nitrogens with zero attached hydrogens (tertiary/aromatic N) is 2. The number of aromatic nitrogens is 2. The lowest BCUT2D eigenvalue weighted by atomic mass is 10.3. The summed E-state index contributed by atoms with van der Waals surface area (Å²) in [5.74, 6) is 1.58. The van der Waals surface area contributed by atoms with E-state index in [4.69, 9.17) is 4.42 Å². The summed E-state index contributed by atoms with van der Waals surface area (Å²) < 4.78 is 7.13. The van der Waals surface area contributed by atoms with Gasteiger partial charge in [0.1, 0.15) is 11.5 Å². The Morgan fingerprint density at radius 3 is 3.00 bits per heavy atom. The molecule has 0 atom stereocenters. The first kappa shape index (κ1) is 12.5. The van der Waals surface area contributed by atoms with Crippen molar-refractivity contribution in [1.82, 2.24) is 14.9 Å². The number of aryl methyl sites for hydroxylation is 1. The van der Waals surface area contributed by atoms with Gasteiger partial charge < -0.3 is 9.73 Å². The van der Waals surface area contributed by atoms with Crippen LogP contribution in [0.2, 0.25) is 0 Å². The standard InChI is InChI=1S/C15H15N3O2/c1-11-5-6-13(20-11)7-8-16-15(19)14-10-12-4-2-3-9-18(12)17-14/h2-6,9-10H,7-8H2,1H3,(H,16,19). The van der Waals surface area contributed by atoms with Crippen molar-refractivity contribution in [3.05, 3.63) is 59.8 Å². The van der Waals surface area contributed by atoms with Crippen molar-refractivity contribution >= 4 is 11.4 Å². The van der Waals surface area contributed by atoms with Crippen molar-refractivity contribution in [1.29, 1.82) is 0 Å². The van der Waals surface area contributed by atoms with Crippen molar-refractivity contribution < 1.29 is 9.21 Å². The van der Waals surface area contributed by atoms with Crippen LogP contribution in [0.4, 0.5) is 0 Å². The molecule has 0 saturated heterocycles. The van der Waals surface area contributed by atoms with Gasteiger partial charge in [-0.3, -0.25) is 4.79 Å². The molecule has 0 aromatic carbocycles. The number of hydrogen-bond donors (Lipinski definition) is 1. The van der Waals surface area contributed by atoms with Crippen LogP contribution in [0.3, 0.4) is 0 Å². The molecular formula is C15H15N3O2. The summed E-state index contributed by atoms with van der Waals surface area (Å²) in [6.07, 6.45) is 2.49. The van der Waals surface area contributed by atoms with Gasteiger partial charge in [-0.2, -0.15) is 5.10 Å². The Morgan fingerprint density at radius 1 is 1.35 bits per heavy atom. The minimum absolute atomic E-state index is 0.169. The van der Waals surface area contributed by atoms with Crippen LogP contribution in [0.15, 0.2) is 47.0 Å². The van der Waals surface area contributed by atoms with Crippen LogP contribution in [0.1, 0.15) is 22.0 Å². The van der Waals surface area contributed by atoms with Crippen LogP contribution in [0.25, 0.3) is 5.52 Å². The van der Waals surface area contributed by atoms with Gasteiger partial charge in [0.05, 0.1) is 5.52 Å². The van der Waals surface area contributed by atoms with Crippen LogP contribution >= 0.6 is 0 Å². The molecule has 0 bridgehead atoms. The van der Waals surface area contributed by atoms with Crippen molar-refractivity contribution in [2.45, 2.75) is 13.3 Å². The molecule has 3 heterocycles. The highest BCUT2D eigenvalue weighted by Crippen LogP contribution is 2.07. The normalized spacial score (nSPS) is 10.8. The van der Waals surface area contributed by atoms with E-state index < -0.39 is 0 Å². The third-order valence-corrected chi connectivity index (χ3v) is 3.06. The van der Waals surface area contributed by atoms with Gasteiger partial charge in [-0.25, -0.2) is 4.52 Å². The molecule has 20 heavy (non-hydrogen) atoms. The molecule has 3 aromatic rings. The van der Waals surface area contributed by atoms with Crippen LogP contribution in [0, 0.1) is 6.92 Å². The molecule has 0 aliphatic carbocycles. The smallest absolute Gasteiger partial charge is 0.271 e. The maximum absolute atomic E-state index is 12.0. The highest BCUT2D eigenvalue weighted by molar-refractivity contribution is 5.93. The predicted octanol–water partition coefficient (Wildman–Crippen LogP) is 2.21. The van der Waals surface area contributed by atoms with Crippen LogP contribution < -0.4 is 5.32 Å². The molecule has 5 heteroatoms. The topological polar surface area (TPSA) is 59.5 Å². The fraction of sp³-hybridized carbons (Fsp3) is 0.200. The number of amides is 1. The van der Waals surface area contributed by atoms with Gasteiger partial charge in [-0.05, 0) is 37.3 Å². The summed E-state index contributed by atoms with van der Waals surface area (Å²) in [7, 11) is 0. The largest absolute Gasteiger partial charge is 0.466 e. The van der Waals surface area contributed by atoms with Gasteiger partial charge in [-0.1, -0.05) is 6.07 Å². The Kier molecular flexibility index (Phi) is 3.25. The number of hydrogen-bond acceptors (Lipinski definition) is 3. The minimum Gasteiger partial charge on any atom is -0.466 e. The Hall–Kier alpha value is -2.56. The van der Waals surface area contributed by atoms with Crippen LogP contribution in [-0.2, 0) is 6.42 Å². The second-order valence-corrected chi connectivity index (χ2v) is 4.62. The number of nitrogens with one attached hydrogen (secondary N) is 1. The predicted molar refractivity (Wildman–Crippen MR) is 74.7 cm³/mol. The molecule has 0 radical (unpaired) electrons. The third kappa shape index (κ3) is 2.56. The maximum Gasteiger partial charge on any atom is 0.271 e. The molecule has 0 spiro atoms. The van der Waals surface area contributed by atoms with Gasteiger partial charge >= 0.3 is 0 Å². The Labute approximate surface area is 116 Å². The lowest BCUT2D eigenvalue weighted by Gasteiger charge is -2.00.